The van der Waals surface area contributed by atoms with E-state index in [2.05, 4.69) is 0 Å². The Labute approximate surface area is 76.0 Å². The van der Waals surface area contributed by atoms with Gasteiger partial charge in [0.25, 0.3) is 5.69 Å². The highest BCUT2D eigenvalue weighted by molar-refractivity contribution is 5.35. The van der Waals surface area contributed by atoms with Crippen molar-refractivity contribution >= 4 is 5.69 Å². The summed E-state index contributed by atoms with van der Waals surface area (Å²) in [7, 11) is 0. The van der Waals surface area contributed by atoms with Crippen LogP contribution in [0.4, 0.5) is 5.69 Å². The molecule has 0 heterocycles. The second-order valence-corrected chi connectivity index (χ2v) is 2.75. The molecule has 1 unspecified atom stereocenters. The molecule has 4 heteroatoms. The van der Waals surface area contributed by atoms with E-state index in [9.17, 15) is 15.2 Å². The summed E-state index contributed by atoms with van der Waals surface area (Å²) in [4.78, 5) is 9.87. The monoisotopic (exact) mass is 180 g/mol. The quantitative estimate of drug-likeness (QED) is 0.529. The van der Waals surface area contributed by atoms with Crippen LogP contribution in [0.2, 0.25) is 0 Å². The highest BCUT2D eigenvalue weighted by atomic mass is 16.6. The first kappa shape index (κ1) is 9.67. The molecule has 1 aromatic rings. The third-order valence-corrected chi connectivity index (χ3v) is 1.82. The number of benzene rings is 1. The number of hydrogen-bond donors (Lipinski definition) is 0. The van der Waals surface area contributed by atoms with E-state index in [-0.39, 0.29) is 5.69 Å². The number of nitro groups is 1. The zero-order valence-corrected chi connectivity index (χ0v) is 7.27. The van der Waals surface area contributed by atoms with Gasteiger partial charge >= 0.3 is 0 Å². The van der Waals surface area contributed by atoms with Gasteiger partial charge < -0.3 is 0 Å². The summed E-state index contributed by atoms with van der Waals surface area (Å²) in [5.41, 5.74) is 0.462. The largest absolute Gasteiger partial charge is 0.269 e. The lowest BCUT2D eigenvalue weighted by Crippen LogP contribution is -1.95. The lowest BCUT2D eigenvalue weighted by Gasteiger charge is -2.03. The molecule has 0 aromatic heterocycles. The Hall–Kier alpha value is -1.42. The Morgan fingerprint density at radius 3 is 2.77 bits per heavy atom. The van der Waals surface area contributed by atoms with Gasteiger partial charge in [0.15, 0.2) is 0 Å². The van der Waals surface area contributed by atoms with Gasteiger partial charge in [0.2, 0.25) is 0 Å². The van der Waals surface area contributed by atoms with Crippen LogP contribution in [0.25, 0.3) is 0 Å². The summed E-state index contributed by atoms with van der Waals surface area (Å²) in [5, 5.41) is 21.6. The highest BCUT2D eigenvalue weighted by Gasteiger charge is 2.11. The second-order valence-electron chi connectivity index (χ2n) is 2.75. The zero-order valence-electron chi connectivity index (χ0n) is 7.27. The molecule has 4 nitrogen and oxygen atoms in total. The molecule has 0 saturated carbocycles. The SMILES string of the molecule is CCC([O])c1cccc([N+](=O)[O-])c1. The van der Waals surface area contributed by atoms with Gasteiger partial charge in [0.05, 0.1) is 4.92 Å². The Morgan fingerprint density at radius 1 is 1.54 bits per heavy atom. The van der Waals surface area contributed by atoms with Crippen molar-refractivity contribution in [3.8, 4) is 0 Å². The summed E-state index contributed by atoms with van der Waals surface area (Å²) in [6.45, 7) is 1.76. The van der Waals surface area contributed by atoms with Gasteiger partial charge in [0, 0.05) is 12.1 Å². The number of non-ortho nitro benzene ring substituents is 1. The van der Waals surface area contributed by atoms with Crippen LogP contribution in [0.3, 0.4) is 0 Å². The van der Waals surface area contributed by atoms with E-state index in [1.807, 2.05) is 0 Å². The van der Waals surface area contributed by atoms with Gasteiger partial charge in [-0.1, -0.05) is 19.1 Å². The van der Waals surface area contributed by atoms with Crippen LogP contribution in [0.15, 0.2) is 24.3 Å². The van der Waals surface area contributed by atoms with E-state index in [0.29, 0.717) is 12.0 Å². The van der Waals surface area contributed by atoms with Gasteiger partial charge in [-0.15, -0.1) is 0 Å². The Balaban J connectivity index is 2.98. The molecule has 0 aliphatic rings. The maximum Gasteiger partial charge on any atom is 0.269 e. The highest BCUT2D eigenvalue weighted by Crippen LogP contribution is 2.21. The van der Waals surface area contributed by atoms with Crippen LogP contribution in [-0.4, -0.2) is 4.92 Å². The van der Waals surface area contributed by atoms with Gasteiger partial charge in [-0.2, -0.15) is 0 Å². The lowest BCUT2D eigenvalue weighted by atomic mass is 10.1. The Bertz CT molecular complexity index is 311. The van der Waals surface area contributed by atoms with Crippen LogP contribution < -0.4 is 0 Å². The van der Waals surface area contributed by atoms with Crippen molar-refractivity contribution in [1.82, 2.24) is 0 Å². The zero-order chi connectivity index (χ0) is 9.84. The topological polar surface area (TPSA) is 63.0 Å². The fourth-order valence-corrected chi connectivity index (χ4v) is 1.07. The molecular weight excluding hydrogens is 170 g/mol. The lowest BCUT2D eigenvalue weighted by molar-refractivity contribution is -0.385. The number of nitrogens with zero attached hydrogens (tertiary/aromatic N) is 1. The molecule has 1 atom stereocenters. The predicted octanol–water partition coefficient (Wildman–Crippen LogP) is 2.48. The molecule has 0 saturated heterocycles. The van der Waals surface area contributed by atoms with Gasteiger partial charge in [0.1, 0.15) is 6.10 Å². The normalized spacial score (nSPS) is 12.5. The first-order valence-corrected chi connectivity index (χ1v) is 4.05. The van der Waals surface area contributed by atoms with Crippen molar-refractivity contribution < 1.29 is 10.0 Å². The minimum atomic E-state index is -0.861. The summed E-state index contributed by atoms with van der Waals surface area (Å²) >= 11 is 0. The molecule has 0 spiro atoms. The van der Waals surface area contributed by atoms with Gasteiger partial charge in [-0.05, 0) is 12.0 Å². The number of rotatable bonds is 3. The Kier molecular flexibility index (Phi) is 2.97. The molecule has 0 aliphatic heterocycles. The molecule has 69 valence electrons. The number of nitro benzene ring substituents is 1. The van der Waals surface area contributed by atoms with Crippen LogP contribution in [-0.2, 0) is 5.11 Å². The molecule has 1 radical (unpaired) electrons. The number of hydrogen-bond acceptors (Lipinski definition) is 2. The minimum absolute atomic E-state index is 0.0215. The van der Waals surface area contributed by atoms with E-state index in [1.54, 1.807) is 13.0 Å². The van der Waals surface area contributed by atoms with Crippen molar-refractivity contribution in [1.29, 1.82) is 0 Å². The summed E-state index contributed by atoms with van der Waals surface area (Å²) in [6, 6.07) is 5.87. The molecule has 1 aromatic carbocycles. The summed E-state index contributed by atoms with van der Waals surface area (Å²) < 4.78 is 0. The van der Waals surface area contributed by atoms with Gasteiger partial charge in [-0.3, -0.25) is 10.1 Å². The fourth-order valence-electron chi connectivity index (χ4n) is 1.07. The maximum atomic E-state index is 11.2. The van der Waals surface area contributed by atoms with Crippen molar-refractivity contribution in [3.63, 3.8) is 0 Å². The molecule has 13 heavy (non-hydrogen) atoms. The molecule has 0 aliphatic carbocycles. The first-order chi connectivity index (χ1) is 6.15. The smallest absolute Gasteiger partial charge is 0.258 e. The minimum Gasteiger partial charge on any atom is -0.258 e. The van der Waals surface area contributed by atoms with Crippen LogP contribution in [0.5, 0.6) is 0 Å². The van der Waals surface area contributed by atoms with Gasteiger partial charge in [-0.25, -0.2) is 5.11 Å². The van der Waals surface area contributed by atoms with E-state index < -0.39 is 11.0 Å². The molecule has 0 amide bonds. The first-order valence-electron chi connectivity index (χ1n) is 4.05. The molecule has 0 N–H and O–H groups in total. The third-order valence-electron chi connectivity index (χ3n) is 1.82. The van der Waals surface area contributed by atoms with Crippen molar-refractivity contribution in [2.24, 2.45) is 0 Å². The van der Waals surface area contributed by atoms with E-state index in [4.69, 9.17) is 0 Å². The van der Waals surface area contributed by atoms with Crippen molar-refractivity contribution in [2.45, 2.75) is 19.4 Å². The molecule has 0 bridgehead atoms. The molecule has 1 rings (SSSR count). The molecule has 0 fully saturated rings. The third kappa shape index (κ3) is 2.26. The predicted molar refractivity (Wildman–Crippen MR) is 46.8 cm³/mol. The van der Waals surface area contributed by atoms with Crippen molar-refractivity contribution in [3.05, 3.63) is 39.9 Å². The van der Waals surface area contributed by atoms with E-state index in [1.165, 1.54) is 18.2 Å². The van der Waals surface area contributed by atoms with E-state index >= 15 is 0 Å². The Morgan fingerprint density at radius 2 is 2.23 bits per heavy atom. The summed E-state index contributed by atoms with van der Waals surface area (Å²) in [6.07, 6.45) is -0.416. The summed E-state index contributed by atoms with van der Waals surface area (Å²) in [5.74, 6) is 0. The van der Waals surface area contributed by atoms with E-state index in [0.717, 1.165) is 0 Å². The average Bonchev–Trinajstić information content (AvgIpc) is 2.17. The maximum absolute atomic E-state index is 11.2. The fraction of sp³-hybridized carbons (Fsp3) is 0.333. The average molecular weight is 180 g/mol. The van der Waals surface area contributed by atoms with Crippen LogP contribution >= 0.6 is 0 Å². The standard InChI is InChI=1S/C9H10NO3/c1-2-9(11)7-4-3-5-8(6-7)10(12)13/h3-6,9H,2H2,1H3. The molecular formula is C9H10NO3. The van der Waals surface area contributed by atoms with Crippen LogP contribution in [0.1, 0.15) is 25.0 Å². The van der Waals surface area contributed by atoms with Crippen LogP contribution in [0, 0.1) is 10.1 Å². The van der Waals surface area contributed by atoms with Crippen molar-refractivity contribution in [2.75, 3.05) is 0 Å². The second kappa shape index (κ2) is 4.00.